The second-order valence-corrected chi connectivity index (χ2v) is 4.30. The molecule has 3 N–H and O–H groups in total. The van der Waals surface area contributed by atoms with Crippen LogP contribution in [0.15, 0.2) is 35.3 Å². The second kappa shape index (κ2) is 4.99. The molecule has 1 saturated heterocycles. The van der Waals surface area contributed by atoms with E-state index in [1.807, 2.05) is 0 Å². The lowest BCUT2D eigenvalue weighted by Gasteiger charge is -2.17. The van der Waals surface area contributed by atoms with Gasteiger partial charge in [0.1, 0.15) is 24.1 Å². The first-order chi connectivity index (χ1) is 8.99. The molecule has 6 nitrogen and oxygen atoms in total. The first-order valence-corrected chi connectivity index (χ1v) is 5.91. The Balaban J connectivity index is 2.13. The summed E-state index contributed by atoms with van der Waals surface area (Å²) in [6, 6.07) is 0. The maximum Gasteiger partial charge on any atom is 0.258 e. The van der Waals surface area contributed by atoms with Crippen LogP contribution in [0.4, 0.5) is 0 Å². The number of rotatable bonds is 3. The van der Waals surface area contributed by atoms with Gasteiger partial charge in [0.15, 0.2) is 5.78 Å². The number of ether oxygens (including phenoxy) is 1. The molecule has 1 aliphatic carbocycles. The van der Waals surface area contributed by atoms with Gasteiger partial charge in [-0.25, -0.2) is 0 Å². The molecule has 3 unspecified atom stereocenters. The molecule has 19 heavy (non-hydrogen) atoms. The second-order valence-electron chi connectivity index (χ2n) is 4.30. The standard InChI is InChI=1S/C13H15NO5/c1-3-6(8(15)4-2)13(18)14-7-5-9(16)11-12(19-11)10(7)17/h3-5,10-12,15,17H,1-2H3,(H,14,18)/b6-3+,8-4+. The Morgan fingerprint density at radius 2 is 2.11 bits per heavy atom. The van der Waals surface area contributed by atoms with Gasteiger partial charge in [-0.1, -0.05) is 6.08 Å². The van der Waals surface area contributed by atoms with Gasteiger partial charge < -0.3 is 20.3 Å². The highest BCUT2D eigenvalue weighted by Crippen LogP contribution is 2.33. The van der Waals surface area contributed by atoms with Crippen molar-refractivity contribution in [3.8, 4) is 0 Å². The molecule has 102 valence electrons. The lowest BCUT2D eigenvalue weighted by atomic mass is 10.0. The van der Waals surface area contributed by atoms with Crippen LogP contribution < -0.4 is 5.32 Å². The molecule has 0 aromatic carbocycles. The molecule has 2 rings (SSSR count). The van der Waals surface area contributed by atoms with Crippen molar-refractivity contribution in [2.75, 3.05) is 0 Å². The van der Waals surface area contributed by atoms with E-state index in [9.17, 15) is 19.8 Å². The fourth-order valence-electron chi connectivity index (χ4n) is 1.95. The molecule has 6 heteroatoms. The third-order valence-corrected chi connectivity index (χ3v) is 3.07. The van der Waals surface area contributed by atoms with E-state index < -0.39 is 24.2 Å². The number of nitrogens with one attached hydrogen (secondary N) is 1. The summed E-state index contributed by atoms with van der Waals surface area (Å²) in [5, 5.41) is 21.8. The normalized spacial score (nSPS) is 30.6. The van der Waals surface area contributed by atoms with E-state index in [1.165, 1.54) is 12.2 Å². The molecular weight excluding hydrogens is 250 g/mol. The van der Waals surface area contributed by atoms with Crippen LogP contribution in [0.25, 0.3) is 0 Å². The summed E-state index contributed by atoms with van der Waals surface area (Å²) in [4.78, 5) is 23.4. The van der Waals surface area contributed by atoms with E-state index in [2.05, 4.69) is 5.32 Å². The summed E-state index contributed by atoms with van der Waals surface area (Å²) in [5.41, 5.74) is 0.166. The first-order valence-electron chi connectivity index (χ1n) is 5.91. The van der Waals surface area contributed by atoms with Crippen molar-refractivity contribution in [1.29, 1.82) is 0 Å². The number of hydrogen-bond acceptors (Lipinski definition) is 5. The van der Waals surface area contributed by atoms with E-state index >= 15 is 0 Å². The van der Waals surface area contributed by atoms with Crippen LogP contribution in [0.3, 0.4) is 0 Å². The summed E-state index contributed by atoms with van der Waals surface area (Å²) >= 11 is 0. The van der Waals surface area contributed by atoms with E-state index in [1.54, 1.807) is 13.8 Å². The van der Waals surface area contributed by atoms with Gasteiger partial charge in [0.2, 0.25) is 0 Å². The van der Waals surface area contributed by atoms with Crippen LogP contribution in [0.5, 0.6) is 0 Å². The van der Waals surface area contributed by atoms with Gasteiger partial charge >= 0.3 is 0 Å². The largest absolute Gasteiger partial charge is 0.507 e. The predicted molar refractivity (Wildman–Crippen MR) is 66.0 cm³/mol. The molecule has 2 aliphatic rings. The van der Waals surface area contributed by atoms with Gasteiger partial charge in [0.05, 0.1) is 11.3 Å². The zero-order chi connectivity index (χ0) is 14.2. The Labute approximate surface area is 110 Å². The van der Waals surface area contributed by atoms with Gasteiger partial charge in [0, 0.05) is 6.08 Å². The topological polar surface area (TPSA) is 99.2 Å². The smallest absolute Gasteiger partial charge is 0.258 e. The van der Waals surface area contributed by atoms with Gasteiger partial charge in [0.25, 0.3) is 5.91 Å². The monoisotopic (exact) mass is 265 g/mol. The Bertz CT molecular complexity index is 517. The lowest BCUT2D eigenvalue weighted by molar-refractivity contribution is -0.117. The van der Waals surface area contributed by atoms with Gasteiger partial charge in [-0.15, -0.1) is 0 Å². The Morgan fingerprint density at radius 3 is 2.68 bits per heavy atom. The molecule has 0 spiro atoms. The molecule has 0 aromatic heterocycles. The molecule has 0 bridgehead atoms. The number of carbonyl (C=O) groups excluding carboxylic acids is 2. The fourth-order valence-corrected chi connectivity index (χ4v) is 1.95. The highest BCUT2D eigenvalue weighted by molar-refractivity contribution is 6.01. The fraction of sp³-hybridized carbons (Fsp3) is 0.385. The van der Waals surface area contributed by atoms with Crippen LogP contribution >= 0.6 is 0 Å². The highest BCUT2D eigenvalue weighted by atomic mass is 16.6. The molecule has 3 atom stereocenters. The van der Waals surface area contributed by atoms with Crippen molar-refractivity contribution in [3.63, 3.8) is 0 Å². The van der Waals surface area contributed by atoms with Crippen molar-refractivity contribution in [1.82, 2.24) is 5.32 Å². The quantitative estimate of drug-likeness (QED) is 0.291. The minimum Gasteiger partial charge on any atom is -0.507 e. The molecule has 0 aromatic rings. The third kappa shape index (κ3) is 2.45. The predicted octanol–water partition coefficient (Wildman–Crippen LogP) is 0.106. The number of ketones is 1. The maximum atomic E-state index is 11.9. The van der Waals surface area contributed by atoms with Gasteiger partial charge in [-0.2, -0.15) is 0 Å². The van der Waals surface area contributed by atoms with E-state index in [0.29, 0.717) is 0 Å². The van der Waals surface area contributed by atoms with Crippen molar-refractivity contribution >= 4 is 11.7 Å². The van der Waals surface area contributed by atoms with Crippen LogP contribution in [-0.2, 0) is 14.3 Å². The number of carbonyl (C=O) groups is 2. The molecule has 0 radical (unpaired) electrons. The number of aliphatic hydroxyl groups is 2. The van der Waals surface area contributed by atoms with Crippen LogP contribution in [0.1, 0.15) is 13.8 Å². The molecule has 1 fully saturated rings. The minimum atomic E-state index is -1.03. The number of allylic oxidation sites excluding steroid dienone is 2. The minimum absolute atomic E-state index is 0.0712. The lowest BCUT2D eigenvalue weighted by Crippen LogP contribution is -2.38. The Kier molecular flexibility index (Phi) is 3.55. The van der Waals surface area contributed by atoms with Crippen LogP contribution in [0.2, 0.25) is 0 Å². The average molecular weight is 265 g/mol. The number of epoxide rings is 1. The Morgan fingerprint density at radius 1 is 1.42 bits per heavy atom. The molecular formula is C13H15NO5. The highest BCUT2D eigenvalue weighted by Gasteiger charge is 2.53. The third-order valence-electron chi connectivity index (χ3n) is 3.07. The van der Waals surface area contributed by atoms with Gasteiger partial charge in [-0.05, 0) is 19.9 Å². The average Bonchev–Trinajstić information content (AvgIpc) is 3.17. The van der Waals surface area contributed by atoms with Crippen LogP contribution in [-0.4, -0.2) is 40.2 Å². The first kappa shape index (κ1) is 13.5. The van der Waals surface area contributed by atoms with Crippen molar-refractivity contribution in [2.45, 2.75) is 32.2 Å². The number of hydrogen-bond donors (Lipinski definition) is 3. The van der Waals surface area contributed by atoms with Crippen molar-refractivity contribution < 1.29 is 24.5 Å². The zero-order valence-electron chi connectivity index (χ0n) is 10.6. The maximum absolute atomic E-state index is 11.9. The molecule has 0 saturated carbocycles. The Hall–Kier alpha value is -1.92. The van der Waals surface area contributed by atoms with E-state index in [0.717, 1.165) is 6.08 Å². The summed E-state index contributed by atoms with van der Waals surface area (Å²) in [7, 11) is 0. The summed E-state index contributed by atoms with van der Waals surface area (Å²) in [6.45, 7) is 3.19. The van der Waals surface area contributed by atoms with Crippen molar-refractivity contribution in [2.24, 2.45) is 0 Å². The molecule has 1 heterocycles. The molecule has 1 amide bonds. The number of fused-ring (bicyclic) bond motifs is 1. The van der Waals surface area contributed by atoms with E-state index in [-0.39, 0.29) is 22.8 Å². The SMILES string of the molecule is C/C=C(O)\C(=C/C)C(=O)NC1=CC(=O)C2OC2C1O. The van der Waals surface area contributed by atoms with Crippen LogP contribution in [0, 0.1) is 0 Å². The van der Waals surface area contributed by atoms with E-state index in [4.69, 9.17) is 4.74 Å². The summed E-state index contributed by atoms with van der Waals surface area (Å²) in [6.07, 6.45) is 1.80. The number of amides is 1. The van der Waals surface area contributed by atoms with Crippen molar-refractivity contribution in [3.05, 3.63) is 35.3 Å². The molecule has 1 aliphatic heterocycles. The summed E-state index contributed by atoms with van der Waals surface area (Å²) in [5.74, 6) is -1.03. The zero-order valence-corrected chi connectivity index (χ0v) is 10.6. The summed E-state index contributed by atoms with van der Waals surface area (Å²) < 4.78 is 4.99. The van der Waals surface area contributed by atoms with Gasteiger partial charge in [-0.3, -0.25) is 9.59 Å². The number of aliphatic hydroxyl groups excluding tert-OH is 2.